The SMILES string of the molecule is CC(=O)N[C@@H](CC(=O)N1CC[C@@H](C(N)=O)C1)c1cccs1. The van der Waals surface area contributed by atoms with Crippen molar-refractivity contribution in [1.29, 1.82) is 0 Å². The number of nitrogens with zero attached hydrogens (tertiary/aromatic N) is 1. The number of nitrogens with two attached hydrogens (primary N) is 1. The molecule has 1 aliphatic rings. The molecule has 3 amide bonds. The van der Waals surface area contributed by atoms with Gasteiger partial charge in [0.2, 0.25) is 17.7 Å². The lowest BCUT2D eigenvalue weighted by Crippen LogP contribution is -2.35. The number of likely N-dealkylation sites (tertiary alicyclic amines) is 1. The Balaban J connectivity index is 1.99. The molecule has 2 atom stereocenters. The van der Waals surface area contributed by atoms with E-state index in [0.717, 1.165) is 4.88 Å². The van der Waals surface area contributed by atoms with E-state index in [1.54, 1.807) is 4.90 Å². The smallest absolute Gasteiger partial charge is 0.225 e. The normalized spacial score (nSPS) is 19.3. The van der Waals surface area contributed by atoms with Gasteiger partial charge in [-0.25, -0.2) is 0 Å². The van der Waals surface area contributed by atoms with Crippen molar-refractivity contribution in [1.82, 2.24) is 10.2 Å². The molecule has 2 heterocycles. The molecule has 3 N–H and O–H groups in total. The highest BCUT2D eigenvalue weighted by Gasteiger charge is 2.31. The van der Waals surface area contributed by atoms with Gasteiger partial charge in [-0.15, -0.1) is 11.3 Å². The third kappa shape index (κ3) is 4.04. The van der Waals surface area contributed by atoms with Gasteiger partial charge in [0.15, 0.2) is 0 Å². The van der Waals surface area contributed by atoms with Crippen molar-refractivity contribution in [2.24, 2.45) is 11.7 Å². The van der Waals surface area contributed by atoms with Gasteiger partial charge in [-0.1, -0.05) is 6.07 Å². The lowest BCUT2D eigenvalue weighted by atomic mass is 10.1. The van der Waals surface area contributed by atoms with Crippen LogP contribution in [0.1, 0.15) is 30.7 Å². The average molecular weight is 309 g/mol. The van der Waals surface area contributed by atoms with Crippen molar-refractivity contribution in [3.05, 3.63) is 22.4 Å². The maximum atomic E-state index is 12.3. The first-order chi connectivity index (χ1) is 9.97. The molecule has 1 aliphatic heterocycles. The zero-order valence-electron chi connectivity index (χ0n) is 11.9. The van der Waals surface area contributed by atoms with Crippen molar-refractivity contribution in [3.8, 4) is 0 Å². The zero-order valence-corrected chi connectivity index (χ0v) is 12.7. The maximum absolute atomic E-state index is 12.3. The van der Waals surface area contributed by atoms with Crippen molar-refractivity contribution >= 4 is 29.1 Å². The summed E-state index contributed by atoms with van der Waals surface area (Å²) < 4.78 is 0. The summed E-state index contributed by atoms with van der Waals surface area (Å²) in [5.74, 6) is -0.847. The van der Waals surface area contributed by atoms with Crippen LogP contribution in [0.3, 0.4) is 0 Å². The molecule has 21 heavy (non-hydrogen) atoms. The van der Waals surface area contributed by atoms with Crippen molar-refractivity contribution in [3.63, 3.8) is 0 Å². The molecule has 0 aliphatic carbocycles. The van der Waals surface area contributed by atoms with E-state index in [1.807, 2.05) is 17.5 Å². The standard InChI is InChI=1S/C14H19N3O3S/c1-9(18)16-11(12-3-2-6-21-12)7-13(19)17-5-4-10(8-17)14(15)20/h2-3,6,10-11H,4-5,7-8H2,1H3,(H2,15,20)(H,16,18)/t10-,11+/m1/s1. The number of primary amides is 1. The van der Waals surface area contributed by atoms with Gasteiger partial charge >= 0.3 is 0 Å². The third-order valence-corrected chi connectivity index (χ3v) is 4.57. The van der Waals surface area contributed by atoms with Crippen molar-refractivity contribution in [2.45, 2.75) is 25.8 Å². The van der Waals surface area contributed by atoms with Crippen LogP contribution in [-0.4, -0.2) is 35.7 Å². The molecule has 0 saturated carbocycles. The number of nitrogens with one attached hydrogen (secondary N) is 1. The van der Waals surface area contributed by atoms with Crippen LogP contribution in [0.5, 0.6) is 0 Å². The number of amides is 3. The summed E-state index contributed by atoms with van der Waals surface area (Å²) >= 11 is 1.50. The van der Waals surface area contributed by atoms with Crippen LogP contribution in [0.25, 0.3) is 0 Å². The molecular weight excluding hydrogens is 290 g/mol. The Morgan fingerprint density at radius 1 is 1.52 bits per heavy atom. The number of rotatable bonds is 5. The fourth-order valence-corrected chi connectivity index (χ4v) is 3.26. The quantitative estimate of drug-likeness (QED) is 0.836. The lowest BCUT2D eigenvalue weighted by molar-refractivity contribution is -0.131. The van der Waals surface area contributed by atoms with E-state index in [1.165, 1.54) is 18.3 Å². The highest BCUT2D eigenvalue weighted by molar-refractivity contribution is 7.10. The first kappa shape index (κ1) is 15.5. The molecule has 1 fully saturated rings. The van der Waals surface area contributed by atoms with Gasteiger partial charge in [-0.3, -0.25) is 14.4 Å². The summed E-state index contributed by atoms with van der Waals surface area (Å²) in [7, 11) is 0. The molecule has 0 radical (unpaired) electrons. The van der Waals surface area contributed by atoms with E-state index in [9.17, 15) is 14.4 Å². The topological polar surface area (TPSA) is 92.5 Å². The predicted octanol–water partition coefficient (Wildman–Crippen LogP) is 0.649. The Morgan fingerprint density at radius 3 is 2.81 bits per heavy atom. The summed E-state index contributed by atoms with van der Waals surface area (Å²) in [5, 5.41) is 4.71. The van der Waals surface area contributed by atoms with E-state index in [4.69, 9.17) is 5.73 Å². The monoisotopic (exact) mass is 309 g/mol. The van der Waals surface area contributed by atoms with E-state index in [0.29, 0.717) is 19.5 Å². The van der Waals surface area contributed by atoms with Crippen molar-refractivity contribution < 1.29 is 14.4 Å². The molecule has 0 aromatic carbocycles. The Labute approximate surface area is 127 Å². The van der Waals surface area contributed by atoms with Gasteiger partial charge < -0.3 is 16.0 Å². The van der Waals surface area contributed by atoms with E-state index in [-0.39, 0.29) is 36.1 Å². The second kappa shape index (κ2) is 6.71. The molecule has 1 aromatic rings. The molecule has 1 aromatic heterocycles. The van der Waals surface area contributed by atoms with Gasteiger partial charge in [0, 0.05) is 24.9 Å². The molecule has 7 heteroatoms. The summed E-state index contributed by atoms with van der Waals surface area (Å²) in [6.07, 6.45) is 0.816. The maximum Gasteiger partial charge on any atom is 0.225 e. The van der Waals surface area contributed by atoms with E-state index in [2.05, 4.69) is 5.32 Å². The van der Waals surface area contributed by atoms with Crippen LogP contribution in [0, 0.1) is 5.92 Å². The molecule has 2 rings (SSSR count). The number of thiophene rings is 1. The minimum Gasteiger partial charge on any atom is -0.369 e. The second-order valence-electron chi connectivity index (χ2n) is 5.20. The fraction of sp³-hybridized carbons (Fsp3) is 0.500. The summed E-state index contributed by atoms with van der Waals surface area (Å²) in [6.45, 7) is 2.36. The van der Waals surface area contributed by atoms with Crippen LogP contribution < -0.4 is 11.1 Å². The Hall–Kier alpha value is -1.89. The lowest BCUT2D eigenvalue weighted by Gasteiger charge is -2.21. The molecular formula is C14H19N3O3S. The van der Waals surface area contributed by atoms with Crippen LogP contribution in [0.2, 0.25) is 0 Å². The van der Waals surface area contributed by atoms with Crippen LogP contribution >= 0.6 is 11.3 Å². The summed E-state index contributed by atoms with van der Waals surface area (Å²) in [4.78, 5) is 37.4. The molecule has 114 valence electrons. The first-order valence-corrected chi connectivity index (χ1v) is 7.73. The number of carbonyl (C=O) groups excluding carboxylic acids is 3. The third-order valence-electron chi connectivity index (χ3n) is 3.59. The van der Waals surface area contributed by atoms with E-state index < -0.39 is 0 Å². The van der Waals surface area contributed by atoms with Crippen molar-refractivity contribution in [2.75, 3.05) is 13.1 Å². The highest BCUT2D eigenvalue weighted by Crippen LogP contribution is 2.24. The Morgan fingerprint density at radius 2 is 2.29 bits per heavy atom. The predicted molar refractivity (Wildman–Crippen MR) is 79.4 cm³/mol. The minimum absolute atomic E-state index is 0.0640. The van der Waals surface area contributed by atoms with Gasteiger partial charge in [0.25, 0.3) is 0 Å². The first-order valence-electron chi connectivity index (χ1n) is 6.85. The van der Waals surface area contributed by atoms with Crippen LogP contribution in [-0.2, 0) is 14.4 Å². The molecule has 1 saturated heterocycles. The van der Waals surface area contributed by atoms with Crippen LogP contribution in [0.4, 0.5) is 0 Å². The summed E-state index contributed by atoms with van der Waals surface area (Å²) in [6, 6.07) is 3.47. The number of hydrogen-bond donors (Lipinski definition) is 2. The number of carbonyl (C=O) groups is 3. The Bertz CT molecular complexity index is 530. The number of hydrogen-bond acceptors (Lipinski definition) is 4. The molecule has 6 nitrogen and oxygen atoms in total. The van der Waals surface area contributed by atoms with Gasteiger partial charge in [-0.2, -0.15) is 0 Å². The highest BCUT2D eigenvalue weighted by atomic mass is 32.1. The van der Waals surface area contributed by atoms with Crippen LogP contribution in [0.15, 0.2) is 17.5 Å². The van der Waals surface area contributed by atoms with Gasteiger partial charge in [-0.05, 0) is 17.9 Å². The fourth-order valence-electron chi connectivity index (χ4n) is 2.48. The van der Waals surface area contributed by atoms with Gasteiger partial charge in [0.1, 0.15) is 0 Å². The Kier molecular flexibility index (Phi) is 4.95. The van der Waals surface area contributed by atoms with Gasteiger partial charge in [0.05, 0.1) is 18.4 Å². The molecule has 0 spiro atoms. The minimum atomic E-state index is -0.359. The molecule has 0 unspecified atom stereocenters. The largest absolute Gasteiger partial charge is 0.369 e. The zero-order chi connectivity index (χ0) is 15.4. The molecule has 0 bridgehead atoms. The average Bonchev–Trinajstić information content (AvgIpc) is 3.09. The summed E-state index contributed by atoms with van der Waals surface area (Å²) in [5.41, 5.74) is 5.27. The second-order valence-corrected chi connectivity index (χ2v) is 6.18. The van der Waals surface area contributed by atoms with E-state index >= 15 is 0 Å².